The van der Waals surface area contributed by atoms with Crippen LogP contribution < -0.4 is 11.1 Å². The third-order valence-electron chi connectivity index (χ3n) is 3.83. The molecular weight excluding hydrogens is 330 g/mol. The third kappa shape index (κ3) is 4.93. The molecular formula is C17H24ClN3O3. The van der Waals surface area contributed by atoms with Crippen LogP contribution in [0.1, 0.15) is 30.6 Å². The van der Waals surface area contributed by atoms with Gasteiger partial charge in [0.25, 0.3) is 5.91 Å². The van der Waals surface area contributed by atoms with Gasteiger partial charge < -0.3 is 20.7 Å². The summed E-state index contributed by atoms with van der Waals surface area (Å²) < 4.78 is 5.24. The molecule has 2 rings (SSSR count). The monoisotopic (exact) mass is 353 g/mol. The zero-order valence-electron chi connectivity index (χ0n) is 14.0. The van der Waals surface area contributed by atoms with E-state index in [0.717, 1.165) is 0 Å². The molecule has 2 amide bonds. The van der Waals surface area contributed by atoms with Crippen LogP contribution in [0, 0.1) is 5.92 Å². The summed E-state index contributed by atoms with van der Waals surface area (Å²) >= 11 is 6.23. The van der Waals surface area contributed by atoms with Crippen LogP contribution in [-0.2, 0) is 9.53 Å². The fourth-order valence-electron chi connectivity index (χ4n) is 2.55. The maximum absolute atomic E-state index is 12.5. The summed E-state index contributed by atoms with van der Waals surface area (Å²) in [5.74, 6) is -0.0485. The number of carbonyl (C=O) groups excluding carboxylic acids is 2. The SMILES string of the molecule is CC(C)C[C@H](N)C(=O)Nc1ccc(C(=O)N2CCOCC2)c(Cl)c1. The van der Waals surface area contributed by atoms with E-state index in [9.17, 15) is 9.59 Å². The first-order valence-electron chi connectivity index (χ1n) is 8.11. The fourth-order valence-corrected chi connectivity index (χ4v) is 2.81. The zero-order valence-corrected chi connectivity index (χ0v) is 14.8. The summed E-state index contributed by atoms with van der Waals surface area (Å²) in [5, 5.41) is 3.05. The number of halogens is 1. The molecule has 0 saturated carbocycles. The summed E-state index contributed by atoms with van der Waals surface area (Å²) in [5.41, 5.74) is 6.81. The van der Waals surface area contributed by atoms with E-state index in [1.165, 1.54) is 0 Å². The van der Waals surface area contributed by atoms with Crippen molar-refractivity contribution in [3.63, 3.8) is 0 Å². The van der Waals surface area contributed by atoms with Gasteiger partial charge in [-0.1, -0.05) is 25.4 Å². The molecule has 0 aliphatic carbocycles. The van der Waals surface area contributed by atoms with E-state index in [2.05, 4.69) is 5.32 Å². The van der Waals surface area contributed by atoms with Crippen molar-refractivity contribution < 1.29 is 14.3 Å². The predicted octanol–water partition coefficient (Wildman–Crippen LogP) is 2.12. The van der Waals surface area contributed by atoms with E-state index in [0.29, 0.717) is 54.9 Å². The lowest BCUT2D eigenvalue weighted by molar-refractivity contribution is -0.117. The smallest absolute Gasteiger partial charge is 0.255 e. The highest BCUT2D eigenvalue weighted by atomic mass is 35.5. The Bertz CT molecular complexity index is 601. The quantitative estimate of drug-likeness (QED) is 0.849. The molecule has 0 unspecified atom stereocenters. The number of nitrogens with zero attached hydrogens (tertiary/aromatic N) is 1. The van der Waals surface area contributed by atoms with Crippen LogP contribution in [0.15, 0.2) is 18.2 Å². The second-order valence-corrected chi connectivity index (χ2v) is 6.73. The van der Waals surface area contributed by atoms with Gasteiger partial charge in [-0.2, -0.15) is 0 Å². The van der Waals surface area contributed by atoms with E-state index >= 15 is 0 Å². The summed E-state index contributed by atoms with van der Waals surface area (Å²) in [4.78, 5) is 26.2. The first-order valence-corrected chi connectivity index (χ1v) is 8.49. The number of hydrogen-bond donors (Lipinski definition) is 2. The maximum atomic E-state index is 12.5. The van der Waals surface area contributed by atoms with Gasteiger partial charge >= 0.3 is 0 Å². The molecule has 1 fully saturated rings. The van der Waals surface area contributed by atoms with Crippen LogP contribution in [0.2, 0.25) is 5.02 Å². The summed E-state index contributed by atoms with van der Waals surface area (Å²) in [6, 6.07) is 4.30. The number of anilines is 1. The summed E-state index contributed by atoms with van der Waals surface area (Å²) in [6.45, 7) is 6.19. The van der Waals surface area contributed by atoms with Crippen LogP contribution in [0.4, 0.5) is 5.69 Å². The minimum atomic E-state index is -0.571. The number of ether oxygens (including phenoxy) is 1. The van der Waals surface area contributed by atoms with E-state index in [1.807, 2.05) is 13.8 Å². The molecule has 1 aromatic carbocycles. The average molecular weight is 354 g/mol. The minimum absolute atomic E-state index is 0.127. The predicted molar refractivity (Wildman–Crippen MR) is 94.2 cm³/mol. The zero-order chi connectivity index (χ0) is 17.7. The average Bonchev–Trinajstić information content (AvgIpc) is 2.54. The van der Waals surface area contributed by atoms with E-state index < -0.39 is 6.04 Å². The molecule has 1 atom stereocenters. The molecule has 1 heterocycles. The van der Waals surface area contributed by atoms with Crippen molar-refractivity contribution in [1.29, 1.82) is 0 Å². The van der Waals surface area contributed by atoms with Gasteiger partial charge in [0.1, 0.15) is 0 Å². The Kier molecular flexibility index (Phi) is 6.60. The largest absolute Gasteiger partial charge is 0.378 e. The highest BCUT2D eigenvalue weighted by Gasteiger charge is 2.21. The van der Waals surface area contributed by atoms with Crippen molar-refractivity contribution in [3.05, 3.63) is 28.8 Å². The molecule has 0 aromatic heterocycles. The van der Waals surface area contributed by atoms with Crippen molar-refractivity contribution in [2.75, 3.05) is 31.6 Å². The number of nitrogens with one attached hydrogen (secondary N) is 1. The molecule has 6 nitrogen and oxygen atoms in total. The molecule has 1 aromatic rings. The number of benzene rings is 1. The standard InChI is InChI=1S/C17H24ClN3O3/c1-11(2)9-15(19)16(22)20-12-3-4-13(14(18)10-12)17(23)21-5-7-24-8-6-21/h3-4,10-11,15H,5-9,19H2,1-2H3,(H,20,22)/t15-/m0/s1. The number of rotatable bonds is 5. The molecule has 1 saturated heterocycles. The Hall–Kier alpha value is -1.63. The van der Waals surface area contributed by atoms with Gasteiger partial charge in [0.05, 0.1) is 29.8 Å². The van der Waals surface area contributed by atoms with Gasteiger partial charge in [-0.3, -0.25) is 9.59 Å². The fraction of sp³-hybridized carbons (Fsp3) is 0.529. The normalized spacial score (nSPS) is 16.1. The number of nitrogens with two attached hydrogens (primary N) is 1. The molecule has 0 radical (unpaired) electrons. The van der Waals surface area contributed by atoms with Gasteiger partial charge in [0.15, 0.2) is 0 Å². The van der Waals surface area contributed by atoms with Crippen molar-refractivity contribution in [2.24, 2.45) is 11.7 Å². The second kappa shape index (κ2) is 8.46. The van der Waals surface area contributed by atoms with Crippen LogP contribution in [-0.4, -0.2) is 49.1 Å². The molecule has 24 heavy (non-hydrogen) atoms. The highest BCUT2D eigenvalue weighted by Crippen LogP contribution is 2.23. The van der Waals surface area contributed by atoms with Crippen molar-refractivity contribution in [2.45, 2.75) is 26.3 Å². The van der Waals surface area contributed by atoms with Crippen LogP contribution in [0.5, 0.6) is 0 Å². The van der Waals surface area contributed by atoms with Crippen LogP contribution in [0.25, 0.3) is 0 Å². The van der Waals surface area contributed by atoms with Gasteiger partial charge in [-0.15, -0.1) is 0 Å². The first-order chi connectivity index (χ1) is 11.4. The van der Waals surface area contributed by atoms with Crippen molar-refractivity contribution >= 4 is 29.1 Å². The number of hydrogen-bond acceptors (Lipinski definition) is 4. The molecule has 0 spiro atoms. The lowest BCUT2D eigenvalue weighted by atomic mass is 10.0. The van der Waals surface area contributed by atoms with Gasteiger partial charge in [-0.05, 0) is 30.5 Å². The lowest BCUT2D eigenvalue weighted by Gasteiger charge is -2.27. The molecule has 0 bridgehead atoms. The number of carbonyl (C=O) groups is 2. The maximum Gasteiger partial charge on any atom is 0.255 e. The van der Waals surface area contributed by atoms with E-state index in [1.54, 1.807) is 23.1 Å². The van der Waals surface area contributed by atoms with Crippen LogP contribution >= 0.6 is 11.6 Å². The topological polar surface area (TPSA) is 84.7 Å². The minimum Gasteiger partial charge on any atom is -0.378 e. The Balaban J connectivity index is 2.03. The van der Waals surface area contributed by atoms with E-state index in [-0.39, 0.29) is 11.8 Å². The van der Waals surface area contributed by atoms with Gasteiger partial charge in [-0.25, -0.2) is 0 Å². The van der Waals surface area contributed by atoms with Gasteiger partial charge in [0, 0.05) is 18.8 Å². The third-order valence-corrected chi connectivity index (χ3v) is 4.14. The lowest BCUT2D eigenvalue weighted by Crippen LogP contribution is -2.40. The molecule has 7 heteroatoms. The first kappa shape index (κ1) is 18.7. The second-order valence-electron chi connectivity index (χ2n) is 6.32. The number of amides is 2. The van der Waals surface area contributed by atoms with Crippen molar-refractivity contribution in [1.82, 2.24) is 4.90 Å². The highest BCUT2D eigenvalue weighted by molar-refractivity contribution is 6.34. The molecule has 3 N–H and O–H groups in total. The van der Waals surface area contributed by atoms with Gasteiger partial charge in [0.2, 0.25) is 5.91 Å². The molecule has 1 aliphatic rings. The van der Waals surface area contributed by atoms with Crippen LogP contribution in [0.3, 0.4) is 0 Å². The number of morpholine rings is 1. The molecule has 1 aliphatic heterocycles. The Morgan fingerprint density at radius 3 is 2.58 bits per heavy atom. The Labute approximate surface area is 147 Å². The van der Waals surface area contributed by atoms with E-state index in [4.69, 9.17) is 22.1 Å². The Morgan fingerprint density at radius 1 is 1.33 bits per heavy atom. The Morgan fingerprint density at radius 2 is 2.00 bits per heavy atom. The molecule has 132 valence electrons. The van der Waals surface area contributed by atoms with Crippen molar-refractivity contribution in [3.8, 4) is 0 Å². The summed E-state index contributed by atoms with van der Waals surface area (Å²) in [6.07, 6.45) is 0.604. The summed E-state index contributed by atoms with van der Waals surface area (Å²) in [7, 11) is 0.